The average Bonchev–Trinajstić information content (AvgIpc) is 2.67. The Hall–Kier alpha value is -1.32. The number of hydrogen-bond acceptors (Lipinski definition) is 2. The van der Waals surface area contributed by atoms with Crippen LogP contribution in [0.1, 0.15) is 11.3 Å². The molecule has 1 heterocycles. The Bertz CT molecular complexity index is 465. The minimum absolute atomic E-state index is 0.769. The quantitative estimate of drug-likeness (QED) is 0.882. The third-order valence-corrected chi connectivity index (χ3v) is 2.87. The van der Waals surface area contributed by atoms with E-state index < -0.39 is 0 Å². The molecule has 2 rings (SSSR count). The molecule has 1 aromatic heterocycles. The molecule has 1 aromatic carbocycles. The van der Waals surface area contributed by atoms with E-state index in [1.54, 1.807) is 6.20 Å². The predicted molar refractivity (Wildman–Crippen MR) is 65.2 cm³/mol. The zero-order chi connectivity index (χ0) is 11.4. The molecule has 3 nitrogen and oxygen atoms in total. The van der Waals surface area contributed by atoms with Crippen molar-refractivity contribution in [2.24, 2.45) is 7.05 Å². The normalized spacial score (nSPS) is 10.6. The van der Waals surface area contributed by atoms with E-state index in [1.807, 2.05) is 42.1 Å². The van der Waals surface area contributed by atoms with Crippen molar-refractivity contribution in [3.63, 3.8) is 0 Å². The monoisotopic (exact) mass is 235 g/mol. The summed E-state index contributed by atoms with van der Waals surface area (Å²) in [5.74, 6) is 0. The summed E-state index contributed by atoms with van der Waals surface area (Å²) in [6.07, 6.45) is 1.80. The largest absolute Gasteiger partial charge is 0.307 e. The SMILES string of the molecule is Cn1nccc1CNCc1ccccc1Cl. The van der Waals surface area contributed by atoms with E-state index in [0.29, 0.717) is 0 Å². The number of nitrogens with zero attached hydrogens (tertiary/aromatic N) is 2. The maximum absolute atomic E-state index is 6.06. The van der Waals surface area contributed by atoms with Crippen LogP contribution in [0.15, 0.2) is 36.5 Å². The molecule has 0 unspecified atom stereocenters. The highest BCUT2D eigenvalue weighted by molar-refractivity contribution is 6.31. The van der Waals surface area contributed by atoms with Gasteiger partial charge in [0.15, 0.2) is 0 Å². The van der Waals surface area contributed by atoms with Gasteiger partial charge < -0.3 is 5.32 Å². The fourth-order valence-electron chi connectivity index (χ4n) is 1.54. The molecule has 0 bridgehead atoms. The molecule has 0 aliphatic heterocycles. The first kappa shape index (κ1) is 11.2. The summed E-state index contributed by atoms with van der Waals surface area (Å²) in [6.45, 7) is 1.56. The summed E-state index contributed by atoms with van der Waals surface area (Å²) >= 11 is 6.06. The molecule has 16 heavy (non-hydrogen) atoms. The molecule has 0 amide bonds. The maximum atomic E-state index is 6.06. The van der Waals surface area contributed by atoms with Crippen LogP contribution < -0.4 is 5.32 Å². The van der Waals surface area contributed by atoms with Gasteiger partial charge in [-0.2, -0.15) is 5.10 Å². The zero-order valence-electron chi connectivity index (χ0n) is 9.15. The second kappa shape index (κ2) is 5.14. The van der Waals surface area contributed by atoms with Crippen molar-refractivity contribution in [3.8, 4) is 0 Å². The third-order valence-electron chi connectivity index (χ3n) is 2.50. The van der Waals surface area contributed by atoms with Gasteiger partial charge in [0, 0.05) is 31.4 Å². The first-order valence-corrected chi connectivity index (χ1v) is 5.56. The molecule has 1 N–H and O–H groups in total. The van der Waals surface area contributed by atoms with Crippen LogP contribution in [0.25, 0.3) is 0 Å². The van der Waals surface area contributed by atoms with Gasteiger partial charge in [-0.25, -0.2) is 0 Å². The van der Waals surface area contributed by atoms with Gasteiger partial charge in [-0.1, -0.05) is 29.8 Å². The minimum atomic E-state index is 0.769. The lowest BCUT2D eigenvalue weighted by Gasteiger charge is -2.06. The average molecular weight is 236 g/mol. The fourth-order valence-corrected chi connectivity index (χ4v) is 1.74. The Labute approximate surface area is 100 Å². The van der Waals surface area contributed by atoms with Gasteiger partial charge in [-0.15, -0.1) is 0 Å². The van der Waals surface area contributed by atoms with Crippen LogP contribution in [0.5, 0.6) is 0 Å². The van der Waals surface area contributed by atoms with Crippen LogP contribution >= 0.6 is 11.6 Å². The second-order valence-electron chi connectivity index (χ2n) is 3.64. The van der Waals surface area contributed by atoms with Crippen molar-refractivity contribution < 1.29 is 0 Å². The molecule has 2 aromatic rings. The molecule has 0 aliphatic rings. The number of aryl methyl sites for hydroxylation is 1. The number of halogens is 1. The van der Waals surface area contributed by atoms with Crippen molar-refractivity contribution in [1.29, 1.82) is 0 Å². The first-order valence-electron chi connectivity index (χ1n) is 5.18. The topological polar surface area (TPSA) is 29.9 Å². The van der Waals surface area contributed by atoms with Crippen molar-refractivity contribution >= 4 is 11.6 Å². The summed E-state index contributed by atoms with van der Waals surface area (Å²) in [5, 5.41) is 8.26. The number of hydrogen-bond donors (Lipinski definition) is 1. The summed E-state index contributed by atoms with van der Waals surface area (Å²) in [5.41, 5.74) is 2.28. The third kappa shape index (κ3) is 2.62. The maximum Gasteiger partial charge on any atom is 0.0518 e. The van der Waals surface area contributed by atoms with E-state index in [4.69, 9.17) is 11.6 Å². The molecule has 0 radical (unpaired) electrons. The van der Waals surface area contributed by atoms with Crippen LogP contribution in [0.2, 0.25) is 5.02 Å². The van der Waals surface area contributed by atoms with Gasteiger partial charge in [0.25, 0.3) is 0 Å². The van der Waals surface area contributed by atoms with Crippen LogP contribution in [0.3, 0.4) is 0 Å². The van der Waals surface area contributed by atoms with Crippen LogP contribution in [0, 0.1) is 0 Å². The van der Waals surface area contributed by atoms with Crippen molar-refractivity contribution in [3.05, 3.63) is 52.8 Å². The molecular weight excluding hydrogens is 222 g/mol. The lowest BCUT2D eigenvalue weighted by Crippen LogP contribution is -2.15. The molecular formula is C12H14ClN3. The molecule has 0 spiro atoms. The molecule has 0 saturated carbocycles. The molecule has 0 atom stereocenters. The lowest BCUT2D eigenvalue weighted by molar-refractivity contribution is 0.626. The van der Waals surface area contributed by atoms with Gasteiger partial charge in [0.1, 0.15) is 0 Å². The van der Waals surface area contributed by atoms with E-state index in [2.05, 4.69) is 10.4 Å². The first-order chi connectivity index (χ1) is 7.77. The Morgan fingerprint density at radius 3 is 2.75 bits per heavy atom. The predicted octanol–water partition coefficient (Wildman–Crippen LogP) is 2.36. The number of nitrogens with one attached hydrogen (secondary N) is 1. The Morgan fingerprint density at radius 1 is 1.25 bits per heavy atom. The lowest BCUT2D eigenvalue weighted by atomic mass is 10.2. The molecule has 84 valence electrons. The molecule has 4 heteroatoms. The van der Waals surface area contributed by atoms with Crippen LogP contribution in [-0.4, -0.2) is 9.78 Å². The van der Waals surface area contributed by atoms with Crippen LogP contribution in [0.4, 0.5) is 0 Å². The molecule has 0 aliphatic carbocycles. The van der Waals surface area contributed by atoms with E-state index in [1.165, 1.54) is 0 Å². The second-order valence-corrected chi connectivity index (χ2v) is 4.05. The van der Waals surface area contributed by atoms with Crippen molar-refractivity contribution in [2.75, 3.05) is 0 Å². The molecule has 0 saturated heterocycles. The summed E-state index contributed by atoms with van der Waals surface area (Å²) in [7, 11) is 1.94. The van der Waals surface area contributed by atoms with Gasteiger partial charge in [-0.3, -0.25) is 4.68 Å². The summed E-state index contributed by atoms with van der Waals surface area (Å²) in [4.78, 5) is 0. The summed E-state index contributed by atoms with van der Waals surface area (Å²) in [6, 6.07) is 9.86. The highest BCUT2D eigenvalue weighted by Crippen LogP contribution is 2.14. The van der Waals surface area contributed by atoms with E-state index >= 15 is 0 Å². The smallest absolute Gasteiger partial charge is 0.0518 e. The van der Waals surface area contributed by atoms with E-state index in [0.717, 1.165) is 29.4 Å². The fraction of sp³-hybridized carbons (Fsp3) is 0.250. The number of rotatable bonds is 4. The highest BCUT2D eigenvalue weighted by atomic mass is 35.5. The van der Waals surface area contributed by atoms with E-state index in [9.17, 15) is 0 Å². The van der Waals surface area contributed by atoms with Crippen molar-refractivity contribution in [2.45, 2.75) is 13.1 Å². The van der Waals surface area contributed by atoms with Crippen molar-refractivity contribution in [1.82, 2.24) is 15.1 Å². The standard InChI is InChI=1S/C12H14ClN3/c1-16-11(6-7-15-16)9-14-8-10-4-2-3-5-12(10)13/h2-7,14H,8-9H2,1H3. The van der Waals surface area contributed by atoms with Gasteiger partial charge in [0.2, 0.25) is 0 Å². The number of benzene rings is 1. The Morgan fingerprint density at radius 2 is 2.06 bits per heavy atom. The minimum Gasteiger partial charge on any atom is -0.307 e. The number of aromatic nitrogens is 2. The van der Waals surface area contributed by atoms with Crippen LogP contribution in [-0.2, 0) is 20.1 Å². The van der Waals surface area contributed by atoms with E-state index in [-0.39, 0.29) is 0 Å². The van der Waals surface area contributed by atoms with Gasteiger partial charge in [0.05, 0.1) is 5.69 Å². The molecule has 0 fully saturated rings. The summed E-state index contributed by atoms with van der Waals surface area (Å²) < 4.78 is 1.86. The van der Waals surface area contributed by atoms with Gasteiger partial charge in [-0.05, 0) is 17.7 Å². The van der Waals surface area contributed by atoms with Gasteiger partial charge >= 0.3 is 0 Å². The zero-order valence-corrected chi connectivity index (χ0v) is 9.91. The Kier molecular flexibility index (Phi) is 3.59. The highest BCUT2D eigenvalue weighted by Gasteiger charge is 2.00. The Balaban J connectivity index is 1.89.